The summed E-state index contributed by atoms with van der Waals surface area (Å²) in [5.41, 5.74) is 6.57. The third kappa shape index (κ3) is 3.08. The van der Waals surface area contributed by atoms with E-state index in [9.17, 15) is 9.59 Å². The molecule has 1 heterocycles. The Hall–Kier alpha value is -2.08. The fourth-order valence-corrected chi connectivity index (χ4v) is 2.25. The van der Waals surface area contributed by atoms with Gasteiger partial charge in [-0.05, 0) is 31.0 Å². The van der Waals surface area contributed by atoms with E-state index >= 15 is 0 Å². The minimum atomic E-state index is -0.272. The Morgan fingerprint density at radius 2 is 2.25 bits per heavy atom. The van der Waals surface area contributed by atoms with Crippen molar-refractivity contribution in [1.82, 2.24) is 0 Å². The maximum Gasteiger partial charge on any atom is 0.238 e. The molecule has 6 nitrogen and oxygen atoms in total. The molecule has 0 atom stereocenters. The van der Waals surface area contributed by atoms with Crippen molar-refractivity contribution in [2.75, 3.05) is 30.4 Å². The summed E-state index contributed by atoms with van der Waals surface area (Å²) in [5.74, 6) is 0.425. The maximum absolute atomic E-state index is 12.0. The average Bonchev–Trinajstić information content (AvgIpc) is 2.47. The van der Waals surface area contributed by atoms with E-state index in [1.807, 2.05) is 0 Å². The van der Waals surface area contributed by atoms with Crippen LogP contribution >= 0.6 is 0 Å². The van der Waals surface area contributed by atoms with Gasteiger partial charge in [0.2, 0.25) is 11.8 Å². The van der Waals surface area contributed by atoms with E-state index in [2.05, 4.69) is 5.32 Å². The number of nitrogens with one attached hydrogen (secondary N) is 1. The number of nitrogens with two attached hydrogens (primary N) is 1. The number of rotatable bonds is 4. The van der Waals surface area contributed by atoms with Crippen molar-refractivity contribution in [3.63, 3.8) is 0 Å². The molecule has 0 aliphatic carbocycles. The monoisotopic (exact) mass is 277 g/mol. The van der Waals surface area contributed by atoms with Crippen LogP contribution in [0, 0.1) is 0 Å². The van der Waals surface area contributed by atoms with E-state index in [0.29, 0.717) is 30.1 Å². The molecule has 6 heteroatoms. The molecular formula is C14H19N3O3. The van der Waals surface area contributed by atoms with Gasteiger partial charge in [0.25, 0.3) is 0 Å². The van der Waals surface area contributed by atoms with Gasteiger partial charge in [0.15, 0.2) is 0 Å². The first-order valence-corrected chi connectivity index (χ1v) is 6.64. The highest BCUT2D eigenvalue weighted by Crippen LogP contribution is 2.33. The summed E-state index contributed by atoms with van der Waals surface area (Å²) >= 11 is 0. The van der Waals surface area contributed by atoms with Crippen molar-refractivity contribution < 1.29 is 14.3 Å². The van der Waals surface area contributed by atoms with Gasteiger partial charge in [-0.3, -0.25) is 9.59 Å². The molecule has 1 aromatic rings. The second-order valence-electron chi connectivity index (χ2n) is 4.64. The topological polar surface area (TPSA) is 84.7 Å². The lowest BCUT2D eigenvalue weighted by Gasteiger charge is -2.28. The quantitative estimate of drug-likeness (QED) is 0.863. The van der Waals surface area contributed by atoms with E-state index in [1.54, 1.807) is 30.2 Å². The van der Waals surface area contributed by atoms with Crippen molar-refractivity contribution in [1.29, 1.82) is 0 Å². The molecule has 1 aliphatic heterocycles. The van der Waals surface area contributed by atoms with E-state index in [4.69, 9.17) is 10.5 Å². The molecule has 0 saturated carbocycles. The Morgan fingerprint density at radius 3 is 2.90 bits per heavy atom. The number of amides is 2. The number of hydrogen-bond donors (Lipinski definition) is 2. The van der Waals surface area contributed by atoms with Crippen LogP contribution in [0.4, 0.5) is 11.4 Å². The summed E-state index contributed by atoms with van der Waals surface area (Å²) in [7, 11) is 1.56. The highest BCUT2D eigenvalue weighted by molar-refractivity contribution is 5.97. The van der Waals surface area contributed by atoms with Gasteiger partial charge in [-0.1, -0.05) is 0 Å². The fraction of sp³-hybridized carbons (Fsp3) is 0.429. The van der Waals surface area contributed by atoms with Crippen LogP contribution < -0.4 is 20.7 Å². The van der Waals surface area contributed by atoms with E-state index in [-0.39, 0.29) is 18.4 Å². The Bertz CT molecular complexity index is 516. The molecule has 0 radical (unpaired) electrons. The summed E-state index contributed by atoms with van der Waals surface area (Å²) < 4.78 is 5.30. The first-order valence-electron chi connectivity index (χ1n) is 6.64. The smallest absolute Gasteiger partial charge is 0.238 e. The predicted octanol–water partition coefficient (Wildman–Crippen LogP) is 1.11. The van der Waals surface area contributed by atoms with E-state index in [0.717, 1.165) is 12.8 Å². The molecule has 0 aromatic heterocycles. The Labute approximate surface area is 117 Å². The molecule has 20 heavy (non-hydrogen) atoms. The van der Waals surface area contributed by atoms with E-state index in [1.165, 1.54) is 0 Å². The molecule has 2 amide bonds. The first-order chi connectivity index (χ1) is 9.65. The highest BCUT2D eigenvalue weighted by atomic mass is 16.5. The van der Waals surface area contributed by atoms with Crippen molar-refractivity contribution in [2.24, 2.45) is 5.73 Å². The molecule has 2 rings (SSSR count). The highest BCUT2D eigenvalue weighted by Gasteiger charge is 2.22. The van der Waals surface area contributed by atoms with Crippen LogP contribution in [0.1, 0.15) is 19.3 Å². The lowest BCUT2D eigenvalue weighted by atomic mass is 10.1. The van der Waals surface area contributed by atoms with Crippen LogP contribution in [0.3, 0.4) is 0 Å². The lowest BCUT2D eigenvalue weighted by molar-refractivity contribution is -0.119. The summed E-state index contributed by atoms with van der Waals surface area (Å²) in [5, 5.41) is 2.68. The van der Waals surface area contributed by atoms with Gasteiger partial charge in [-0.25, -0.2) is 0 Å². The van der Waals surface area contributed by atoms with Gasteiger partial charge in [0.05, 0.1) is 19.3 Å². The van der Waals surface area contributed by atoms with Crippen molar-refractivity contribution in [3.8, 4) is 5.75 Å². The second kappa shape index (κ2) is 6.38. The number of carbonyl (C=O) groups is 2. The number of piperidine rings is 1. The van der Waals surface area contributed by atoms with Crippen LogP contribution in [0.2, 0.25) is 0 Å². The number of benzene rings is 1. The fourth-order valence-electron chi connectivity index (χ4n) is 2.25. The lowest BCUT2D eigenvalue weighted by Crippen LogP contribution is -2.35. The zero-order valence-corrected chi connectivity index (χ0v) is 11.5. The molecule has 1 aromatic carbocycles. The Kier molecular flexibility index (Phi) is 4.57. The molecule has 108 valence electrons. The van der Waals surface area contributed by atoms with Gasteiger partial charge >= 0.3 is 0 Å². The van der Waals surface area contributed by atoms with Crippen LogP contribution in [-0.2, 0) is 9.59 Å². The van der Waals surface area contributed by atoms with Crippen LogP contribution in [0.5, 0.6) is 5.75 Å². The van der Waals surface area contributed by atoms with Crippen molar-refractivity contribution in [2.45, 2.75) is 19.3 Å². The van der Waals surface area contributed by atoms with Crippen LogP contribution in [0.25, 0.3) is 0 Å². The number of hydrogen-bond acceptors (Lipinski definition) is 4. The van der Waals surface area contributed by atoms with Gasteiger partial charge in [-0.2, -0.15) is 0 Å². The number of anilines is 2. The average molecular weight is 277 g/mol. The number of ether oxygens (including phenoxy) is 1. The normalized spacial score (nSPS) is 15.1. The Balaban J connectivity index is 2.30. The molecule has 1 aliphatic rings. The van der Waals surface area contributed by atoms with Crippen molar-refractivity contribution >= 4 is 23.2 Å². The van der Waals surface area contributed by atoms with E-state index < -0.39 is 0 Å². The van der Waals surface area contributed by atoms with Crippen LogP contribution in [0.15, 0.2) is 18.2 Å². The molecule has 0 spiro atoms. The third-order valence-electron chi connectivity index (χ3n) is 3.26. The molecule has 1 saturated heterocycles. The van der Waals surface area contributed by atoms with Gasteiger partial charge in [0.1, 0.15) is 5.75 Å². The first kappa shape index (κ1) is 14.3. The zero-order chi connectivity index (χ0) is 14.5. The molecule has 3 N–H and O–H groups in total. The Morgan fingerprint density at radius 1 is 1.45 bits per heavy atom. The van der Waals surface area contributed by atoms with Crippen molar-refractivity contribution in [3.05, 3.63) is 18.2 Å². The number of methoxy groups -OCH3 is 1. The zero-order valence-electron chi connectivity index (χ0n) is 11.5. The van der Waals surface area contributed by atoms with Gasteiger partial charge in [0, 0.05) is 18.7 Å². The van der Waals surface area contributed by atoms with Gasteiger partial charge < -0.3 is 20.7 Å². The minimum Gasteiger partial charge on any atom is -0.495 e. The number of nitrogens with zero attached hydrogens (tertiary/aromatic N) is 1. The van der Waals surface area contributed by atoms with Gasteiger partial charge in [-0.15, -0.1) is 0 Å². The largest absolute Gasteiger partial charge is 0.495 e. The molecule has 0 bridgehead atoms. The summed E-state index contributed by atoms with van der Waals surface area (Å²) in [6.07, 6.45) is 2.43. The third-order valence-corrected chi connectivity index (χ3v) is 3.26. The molecular weight excluding hydrogens is 258 g/mol. The van der Waals surface area contributed by atoms with Crippen LogP contribution in [-0.4, -0.2) is 32.0 Å². The summed E-state index contributed by atoms with van der Waals surface area (Å²) in [6.45, 7) is 0.591. The summed E-state index contributed by atoms with van der Waals surface area (Å²) in [4.78, 5) is 25.1. The molecule has 0 unspecified atom stereocenters. The molecule has 1 fully saturated rings. The standard InChI is InChI=1S/C14H19N3O3/c1-20-12-6-5-10(16-13(18)9-15)8-11(12)17-7-3-2-4-14(17)19/h5-6,8H,2-4,7,9,15H2,1H3,(H,16,18). The SMILES string of the molecule is COc1ccc(NC(=O)CN)cc1N1CCCCC1=O. The minimum absolute atomic E-state index is 0.0794. The maximum atomic E-state index is 12.0. The summed E-state index contributed by atoms with van der Waals surface area (Å²) in [6, 6.07) is 5.21. The second-order valence-corrected chi connectivity index (χ2v) is 4.64. The predicted molar refractivity (Wildman–Crippen MR) is 76.9 cm³/mol. The number of carbonyl (C=O) groups excluding carboxylic acids is 2.